The van der Waals surface area contributed by atoms with Gasteiger partial charge in [-0.05, 0) is 36.3 Å². The Balaban J connectivity index is 1.86. The van der Waals surface area contributed by atoms with Crippen LogP contribution in [-0.2, 0) is 0 Å². The SMILES string of the molecule is OC(CNC1CCCSC1)c1ccc(F)c(F)c1. The van der Waals surface area contributed by atoms with E-state index >= 15 is 0 Å². The maximum absolute atomic E-state index is 13.0. The van der Waals surface area contributed by atoms with E-state index in [-0.39, 0.29) is 0 Å². The van der Waals surface area contributed by atoms with Crippen molar-refractivity contribution in [2.75, 3.05) is 18.1 Å². The van der Waals surface area contributed by atoms with Crippen molar-refractivity contribution in [1.82, 2.24) is 5.32 Å². The van der Waals surface area contributed by atoms with Crippen molar-refractivity contribution < 1.29 is 13.9 Å². The number of thioether (sulfide) groups is 1. The maximum Gasteiger partial charge on any atom is 0.159 e. The van der Waals surface area contributed by atoms with Gasteiger partial charge in [0, 0.05) is 18.3 Å². The van der Waals surface area contributed by atoms with Crippen molar-refractivity contribution in [3.05, 3.63) is 35.4 Å². The lowest BCUT2D eigenvalue weighted by molar-refractivity contribution is 0.169. The van der Waals surface area contributed by atoms with Crippen molar-refractivity contribution in [3.63, 3.8) is 0 Å². The Bertz CT molecular complexity index is 397. The molecule has 0 saturated carbocycles. The number of aliphatic hydroxyl groups excluding tert-OH is 1. The molecule has 0 radical (unpaired) electrons. The van der Waals surface area contributed by atoms with E-state index in [4.69, 9.17) is 0 Å². The van der Waals surface area contributed by atoms with Crippen LogP contribution in [0, 0.1) is 11.6 Å². The molecule has 1 heterocycles. The largest absolute Gasteiger partial charge is 0.387 e. The molecule has 1 aromatic carbocycles. The summed E-state index contributed by atoms with van der Waals surface area (Å²) < 4.78 is 25.8. The number of benzene rings is 1. The fraction of sp³-hybridized carbons (Fsp3) is 0.538. The molecular weight excluding hydrogens is 256 g/mol. The molecule has 0 aliphatic carbocycles. The van der Waals surface area contributed by atoms with Gasteiger partial charge in [-0.3, -0.25) is 0 Å². The van der Waals surface area contributed by atoms with Crippen LogP contribution in [0.15, 0.2) is 18.2 Å². The van der Waals surface area contributed by atoms with Crippen LogP contribution in [0.4, 0.5) is 8.78 Å². The molecule has 2 atom stereocenters. The fourth-order valence-corrected chi connectivity index (χ4v) is 3.12. The summed E-state index contributed by atoms with van der Waals surface area (Å²) >= 11 is 1.90. The molecule has 0 bridgehead atoms. The summed E-state index contributed by atoms with van der Waals surface area (Å²) in [6.45, 7) is 0.371. The monoisotopic (exact) mass is 273 g/mol. The second kappa shape index (κ2) is 6.50. The zero-order chi connectivity index (χ0) is 13.0. The molecule has 5 heteroatoms. The fourth-order valence-electron chi connectivity index (χ4n) is 2.02. The molecule has 1 saturated heterocycles. The highest BCUT2D eigenvalue weighted by molar-refractivity contribution is 7.99. The lowest BCUT2D eigenvalue weighted by atomic mass is 10.1. The molecule has 2 rings (SSSR count). The molecule has 0 amide bonds. The number of nitrogens with one attached hydrogen (secondary N) is 1. The third-order valence-corrected chi connectivity index (χ3v) is 4.30. The Morgan fingerprint density at radius 1 is 1.39 bits per heavy atom. The van der Waals surface area contributed by atoms with Gasteiger partial charge in [0.1, 0.15) is 0 Å². The van der Waals surface area contributed by atoms with E-state index in [1.165, 1.54) is 18.2 Å². The Morgan fingerprint density at radius 3 is 2.89 bits per heavy atom. The number of aliphatic hydroxyl groups is 1. The molecule has 2 unspecified atom stereocenters. The highest BCUT2D eigenvalue weighted by Gasteiger charge is 2.16. The van der Waals surface area contributed by atoms with Gasteiger partial charge in [0.2, 0.25) is 0 Å². The van der Waals surface area contributed by atoms with Gasteiger partial charge in [0.05, 0.1) is 6.10 Å². The van der Waals surface area contributed by atoms with Crippen molar-refractivity contribution in [3.8, 4) is 0 Å². The predicted molar refractivity (Wildman–Crippen MR) is 69.7 cm³/mol. The van der Waals surface area contributed by atoms with Gasteiger partial charge < -0.3 is 10.4 Å². The number of hydrogen-bond acceptors (Lipinski definition) is 3. The summed E-state index contributed by atoms with van der Waals surface area (Å²) in [5, 5.41) is 13.2. The molecule has 18 heavy (non-hydrogen) atoms. The summed E-state index contributed by atoms with van der Waals surface area (Å²) in [7, 11) is 0. The van der Waals surface area contributed by atoms with Crippen LogP contribution < -0.4 is 5.32 Å². The lowest BCUT2D eigenvalue weighted by Crippen LogP contribution is -2.36. The standard InChI is InChI=1S/C13H17F2NOS/c14-11-4-3-9(6-12(11)15)13(17)7-16-10-2-1-5-18-8-10/h3-4,6,10,13,16-17H,1-2,5,7-8H2. The number of halogens is 2. The minimum absolute atomic E-state index is 0.371. The smallest absolute Gasteiger partial charge is 0.159 e. The minimum atomic E-state index is -0.917. The lowest BCUT2D eigenvalue weighted by Gasteiger charge is -2.24. The van der Waals surface area contributed by atoms with Crippen LogP contribution in [0.3, 0.4) is 0 Å². The average molecular weight is 273 g/mol. The van der Waals surface area contributed by atoms with Crippen molar-refractivity contribution in [2.45, 2.75) is 25.0 Å². The van der Waals surface area contributed by atoms with Crippen molar-refractivity contribution in [2.24, 2.45) is 0 Å². The van der Waals surface area contributed by atoms with E-state index < -0.39 is 17.7 Å². The van der Waals surface area contributed by atoms with Gasteiger partial charge in [0.15, 0.2) is 11.6 Å². The maximum atomic E-state index is 13.0. The topological polar surface area (TPSA) is 32.3 Å². The molecule has 100 valence electrons. The van der Waals surface area contributed by atoms with Gasteiger partial charge in [-0.25, -0.2) is 8.78 Å². The van der Waals surface area contributed by atoms with Crippen molar-refractivity contribution in [1.29, 1.82) is 0 Å². The van der Waals surface area contributed by atoms with Gasteiger partial charge in [-0.15, -0.1) is 0 Å². The summed E-state index contributed by atoms with van der Waals surface area (Å²) in [4.78, 5) is 0. The molecule has 1 aliphatic heterocycles. The van der Waals surface area contributed by atoms with Gasteiger partial charge >= 0.3 is 0 Å². The zero-order valence-corrected chi connectivity index (χ0v) is 10.9. The molecule has 2 nitrogen and oxygen atoms in total. The number of rotatable bonds is 4. The zero-order valence-electron chi connectivity index (χ0n) is 10.0. The summed E-state index contributed by atoms with van der Waals surface area (Å²) in [5.74, 6) is 0.441. The summed E-state index contributed by atoms with van der Waals surface area (Å²) in [6, 6.07) is 3.92. The normalized spacial score (nSPS) is 21.8. The van der Waals surface area contributed by atoms with Crippen LogP contribution in [0.5, 0.6) is 0 Å². The van der Waals surface area contributed by atoms with Crippen molar-refractivity contribution >= 4 is 11.8 Å². The molecule has 1 fully saturated rings. The first kappa shape index (κ1) is 13.8. The van der Waals surface area contributed by atoms with E-state index in [1.54, 1.807) is 0 Å². The van der Waals surface area contributed by atoms with Gasteiger partial charge in [0.25, 0.3) is 0 Å². The van der Waals surface area contributed by atoms with Gasteiger partial charge in [-0.1, -0.05) is 6.07 Å². The van der Waals surface area contributed by atoms with E-state index in [1.807, 2.05) is 11.8 Å². The second-order valence-corrected chi connectivity index (χ2v) is 5.66. The Labute approximate surface area is 110 Å². The Morgan fingerprint density at radius 2 is 2.22 bits per heavy atom. The molecule has 2 N–H and O–H groups in total. The summed E-state index contributed by atoms with van der Waals surface area (Å²) in [6.07, 6.45) is 1.49. The molecule has 0 aromatic heterocycles. The molecule has 0 spiro atoms. The molecule has 1 aliphatic rings. The van der Waals surface area contributed by atoms with Gasteiger partial charge in [-0.2, -0.15) is 11.8 Å². The molecule has 1 aromatic rings. The second-order valence-electron chi connectivity index (χ2n) is 4.51. The summed E-state index contributed by atoms with van der Waals surface area (Å²) in [5.41, 5.74) is 0.407. The van der Waals surface area contributed by atoms with Crippen LogP contribution >= 0.6 is 11.8 Å². The third-order valence-electron chi connectivity index (χ3n) is 3.09. The molecular formula is C13H17F2NOS. The highest BCUT2D eigenvalue weighted by Crippen LogP contribution is 2.19. The Hall–Kier alpha value is -0.650. The van der Waals surface area contributed by atoms with Crippen LogP contribution in [0.25, 0.3) is 0 Å². The number of hydrogen-bond donors (Lipinski definition) is 2. The van der Waals surface area contributed by atoms with E-state index in [9.17, 15) is 13.9 Å². The van der Waals surface area contributed by atoms with E-state index in [2.05, 4.69) is 5.32 Å². The third kappa shape index (κ3) is 3.67. The first-order chi connectivity index (χ1) is 8.66. The first-order valence-corrected chi connectivity index (χ1v) is 7.26. The minimum Gasteiger partial charge on any atom is -0.387 e. The van der Waals surface area contributed by atoms with E-state index in [0.29, 0.717) is 18.2 Å². The average Bonchev–Trinajstić information content (AvgIpc) is 2.40. The predicted octanol–water partition coefficient (Wildman–Crippen LogP) is 2.48. The van der Waals surface area contributed by atoms with Crippen LogP contribution in [0.2, 0.25) is 0 Å². The first-order valence-electron chi connectivity index (χ1n) is 6.11. The van der Waals surface area contributed by atoms with E-state index in [0.717, 1.165) is 24.3 Å². The van der Waals surface area contributed by atoms with Crippen LogP contribution in [-0.4, -0.2) is 29.2 Å². The highest BCUT2D eigenvalue weighted by atomic mass is 32.2. The Kier molecular flexibility index (Phi) is 4.97. The van der Waals surface area contributed by atoms with Crippen LogP contribution in [0.1, 0.15) is 24.5 Å². The quantitative estimate of drug-likeness (QED) is 0.884.